The molecule has 8 nitrogen and oxygen atoms in total. The number of fused-ring (bicyclic) bond motifs is 1. The Morgan fingerprint density at radius 3 is 2.46 bits per heavy atom. The van der Waals surface area contributed by atoms with E-state index in [2.05, 4.69) is 15.1 Å². The molecule has 0 amide bonds. The number of nitrogens with zero attached hydrogens (tertiary/aromatic N) is 4. The second-order valence-electron chi connectivity index (χ2n) is 6.18. The minimum atomic E-state index is -0.141. The number of aryl methyl sites for hydroxylation is 1. The molecule has 2 aromatic heterocycles. The van der Waals surface area contributed by atoms with Gasteiger partial charge < -0.3 is 14.0 Å². The zero-order valence-electron chi connectivity index (χ0n) is 15.7. The van der Waals surface area contributed by atoms with Crippen molar-refractivity contribution in [3.63, 3.8) is 0 Å². The first-order valence-electron chi connectivity index (χ1n) is 8.61. The fourth-order valence-electron chi connectivity index (χ4n) is 2.97. The highest BCUT2D eigenvalue weighted by atomic mass is 16.5. The van der Waals surface area contributed by atoms with Gasteiger partial charge in [0.2, 0.25) is 0 Å². The highest BCUT2D eigenvalue weighted by molar-refractivity contribution is 5.77. The van der Waals surface area contributed by atoms with Crippen molar-refractivity contribution in [3.05, 3.63) is 64.5 Å². The van der Waals surface area contributed by atoms with E-state index < -0.39 is 0 Å². The maximum Gasteiger partial charge on any atom is 0.261 e. The Morgan fingerprint density at radius 1 is 1.04 bits per heavy atom. The van der Waals surface area contributed by atoms with Crippen LogP contribution in [0.1, 0.15) is 11.6 Å². The molecule has 0 aliphatic rings. The summed E-state index contributed by atoms with van der Waals surface area (Å²) in [7, 11) is 3.14. The number of aromatic nitrogens is 4. The van der Waals surface area contributed by atoms with Crippen molar-refractivity contribution in [2.24, 2.45) is 0 Å². The summed E-state index contributed by atoms with van der Waals surface area (Å²) in [6.45, 7) is 1.94. The Morgan fingerprint density at radius 2 is 1.75 bits per heavy atom. The maximum absolute atomic E-state index is 12.8. The minimum absolute atomic E-state index is 0.141. The third-order valence-corrected chi connectivity index (χ3v) is 4.42. The van der Waals surface area contributed by atoms with E-state index in [0.29, 0.717) is 45.5 Å². The summed E-state index contributed by atoms with van der Waals surface area (Å²) < 4.78 is 17.5. The van der Waals surface area contributed by atoms with Crippen molar-refractivity contribution in [1.82, 2.24) is 19.7 Å². The van der Waals surface area contributed by atoms with E-state index >= 15 is 0 Å². The topological polar surface area (TPSA) is 92.3 Å². The molecule has 142 valence electrons. The zero-order valence-corrected chi connectivity index (χ0v) is 15.7. The summed E-state index contributed by atoms with van der Waals surface area (Å²) >= 11 is 0. The third kappa shape index (κ3) is 3.20. The first kappa shape index (κ1) is 17.7. The minimum Gasteiger partial charge on any atom is -0.497 e. The van der Waals surface area contributed by atoms with Crippen molar-refractivity contribution in [1.29, 1.82) is 0 Å². The first-order chi connectivity index (χ1) is 13.6. The van der Waals surface area contributed by atoms with Gasteiger partial charge in [-0.15, -0.1) is 0 Å². The maximum atomic E-state index is 12.8. The Labute approximate surface area is 160 Å². The van der Waals surface area contributed by atoms with Crippen molar-refractivity contribution >= 4 is 10.9 Å². The summed E-state index contributed by atoms with van der Waals surface area (Å²) in [5, 5.41) is 4.56. The van der Waals surface area contributed by atoms with Gasteiger partial charge in [-0.2, -0.15) is 4.98 Å². The summed E-state index contributed by atoms with van der Waals surface area (Å²) in [6.07, 6.45) is 0. The van der Waals surface area contributed by atoms with Crippen molar-refractivity contribution in [2.45, 2.75) is 13.5 Å². The van der Waals surface area contributed by atoms with Crippen LogP contribution in [0.2, 0.25) is 0 Å². The van der Waals surface area contributed by atoms with Gasteiger partial charge in [0.1, 0.15) is 17.3 Å². The number of rotatable bonds is 5. The fraction of sp³-hybridized carbons (Fsp3) is 0.200. The number of hydrogen-bond donors (Lipinski definition) is 0. The smallest absolute Gasteiger partial charge is 0.261 e. The molecule has 8 heteroatoms. The predicted molar refractivity (Wildman–Crippen MR) is 103 cm³/mol. The van der Waals surface area contributed by atoms with Gasteiger partial charge in [-0.25, -0.2) is 4.98 Å². The van der Waals surface area contributed by atoms with Crippen molar-refractivity contribution < 1.29 is 14.0 Å². The zero-order chi connectivity index (χ0) is 19.7. The molecule has 4 rings (SSSR count). The molecule has 0 radical (unpaired) electrons. The average molecular weight is 378 g/mol. The molecule has 4 aromatic rings. The Hall–Kier alpha value is -3.68. The normalized spacial score (nSPS) is 11.0. The highest BCUT2D eigenvalue weighted by Gasteiger charge is 2.15. The van der Waals surface area contributed by atoms with E-state index in [-0.39, 0.29) is 12.1 Å². The molecule has 28 heavy (non-hydrogen) atoms. The van der Waals surface area contributed by atoms with Gasteiger partial charge in [0, 0.05) is 11.6 Å². The number of hydrogen-bond acceptors (Lipinski definition) is 7. The third-order valence-electron chi connectivity index (χ3n) is 4.42. The van der Waals surface area contributed by atoms with E-state index in [1.165, 1.54) is 4.57 Å². The Balaban J connectivity index is 1.70. The lowest BCUT2D eigenvalue weighted by molar-refractivity contribution is 0.392. The molecular formula is C20H18N4O4. The van der Waals surface area contributed by atoms with Gasteiger partial charge in [-0.3, -0.25) is 9.36 Å². The van der Waals surface area contributed by atoms with E-state index in [1.54, 1.807) is 45.4 Å². The van der Waals surface area contributed by atoms with Gasteiger partial charge in [-0.1, -0.05) is 17.3 Å². The standard InChI is InChI=1S/C20H18N4O4/c1-12-21-17-7-5-4-6-16(17)20(25)24(12)11-18-22-19(28-23-18)13-8-14(26-2)10-15(9-13)27-3/h4-10H,11H2,1-3H3. The van der Waals surface area contributed by atoms with E-state index in [9.17, 15) is 4.79 Å². The van der Waals surface area contributed by atoms with Gasteiger partial charge in [0.25, 0.3) is 11.4 Å². The van der Waals surface area contributed by atoms with Crippen LogP contribution in [0.3, 0.4) is 0 Å². The first-order valence-corrected chi connectivity index (χ1v) is 8.61. The molecule has 0 N–H and O–H groups in total. The van der Waals surface area contributed by atoms with Crippen LogP contribution in [0.15, 0.2) is 51.8 Å². The molecular weight excluding hydrogens is 360 g/mol. The average Bonchev–Trinajstić information content (AvgIpc) is 3.19. The Kier molecular flexibility index (Phi) is 4.52. The lowest BCUT2D eigenvalue weighted by Gasteiger charge is -2.08. The molecule has 0 atom stereocenters. The molecule has 0 aliphatic heterocycles. The second-order valence-corrected chi connectivity index (χ2v) is 6.18. The van der Waals surface area contributed by atoms with Crippen molar-refractivity contribution in [2.75, 3.05) is 14.2 Å². The summed E-state index contributed by atoms with van der Waals surface area (Å²) in [5.74, 6) is 2.49. The summed E-state index contributed by atoms with van der Waals surface area (Å²) in [6, 6.07) is 12.5. The molecule has 0 fully saturated rings. The fourth-order valence-corrected chi connectivity index (χ4v) is 2.97. The highest BCUT2D eigenvalue weighted by Crippen LogP contribution is 2.28. The predicted octanol–water partition coefficient (Wildman–Crippen LogP) is 2.82. The van der Waals surface area contributed by atoms with E-state index in [0.717, 1.165) is 0 Å². The number of methoxy groups -OCH3 is 2. The molecule has 2 aromatic carbocycles. The molecule has 0 aliphatic carbocycles. The van der Waals surface area contributed by atoms with Crippen LogP contribution in [0.5, 0.6) is 11.5 Å². The van der Waals surface area contributed by atoms with Gasteiger partial charge in [0.05, 0.1) is 31.7 Å². The van der Waals surface area contributed by atoms with Gasteiger partial charge in [-0.05, 0) is 31.2 Å². The monoisotopic (exact) mass is 378 g/mol. The molecule has 0 spiro atoms. The van der Waals surface area contributed by atoms with E-state index in [4.69, 9.17) is 14.0 Å². The van der Waals surface area contributed by atoms with Crippen molar-refractivity contribution in [3.8, 4) is 23.0 Å². The van der Waals surface area contributed by atoms with Crippen LogP contribution in [-0.2, 0) is 6.54 Å². The SMILES string of the molecule is COc1cc(OC)cc(-c2nc(Cn3c(C)nc4ccccc4c3=O)no2)c1. The lowest BCUT2D eigenvalue weighted by atomic mass is 10.2. The van der Waals surface area contributed by atoms with Crippen LogP contribution in [-0.4, -0.2) is 33.9 Å². The molecule has 0 unspecified atom stereocenters. The molecule has 0 saturated carbocycles. The Bertz CT molecular complexity index is 1190. The van der Waals surface area contributed by atoms with Crippen LogP contribution in [0.4, 0.5) is 0 Å². The van der Waals surface area contributed by atoms with Crippen LogP contribution in [0, 0.1) is 6.92 Å². The van der Waals surface area contributed by atoms with E-state index in [1.807, 2.05) is 18.2 Å². The molecule has 2 heterocycles. The quantitative estimate of drug-likeness (QED) is 0.527. The van der Waals surface area contributed by atoms with Crippen LogP contribution < -0.4 is 15.0 Å². The molecule has 0 saturated heterocycles. The molecule has 0 bridgehead atoms. The van der Waals surface area contributed by atoms with Crippen LogP contribution in [0.25, 0.3) is 22.4 Å². The van der Waals surface area contributed by atoms with Gasteiger partial charge in [0.15, 0.2) is 5.82 Å². The largest absolute Gasteiger partial charge is 0.497 e. The summed E-state index contributed by atoms with van der Waals surface area (Å²) in [5.41, 5.74) is 1.19. The van der Waals surface area contributed by atoms with Gasteiger partial charge >= 0.3 is 0 Å². The lowest BCUT2D eigenvalue weighted by Crippen LogP contribution is -2.24. The summed E-state index contributed by atoms with van der Waals surface area (Å²) in [4.78, 5) is 21.7. The number of ether oxygens (including phenoxy) is 2. The second kappa shape index (κ2) is 7.15. The number of para-hydroxylation sites is 1. The number of benzene rings is 2. The van der Waals surface area contributed by atoms with Crippen LogP contribution >= 0.6 is 0 Å².